The Morgan fingerprint density at radius 3 is 2.50 bits per heavy atom. The summed E-state index contributed by atoms with van der Waals surface area (Å²) in [6.45, 7) is 13.3. The quantitative estimate of drug-likeness (QED) is 0.337. The predicted molar refractivity (Wildman–Crippen MR) is 162 cm³/mol. The van der Waals surface area contributed by atoms with Crippen LogP contribution in [-0.2, 0) is 4.79 Å². The van der Waals surface area contributed by atoms with Crippen LogP contribution in [0.15, 0.2) is 53.3 Å². The van der Waals surface area contributed by atoms with Gasteiger partial charge in [-0.1, -0.05) is 11.6 Å². The number of nitrogens with two attached hydrogens (primary N) is 1. The van der Waals surface area contributed by atoms with E-state index in [9.17, 15) is 9.59 Å². The number of piperazine rings is 1. The minimum atomic E-state index is -0.327. The molecule has 1 amide bonds. The Kier molecular flexibility index (Phi) is 9.50. The average Bonchev–Trinajstić information content (AvgIpc) is 2.92. The highest BCUT2D eigenvalue weighted by Gasteiger charge is 2.22. The number of rotatable bonds is 10. The minimum Gasteiger partial charge on any atom is -0.382 e. The zero-order chi connectivity index (χ0) is 28.8. The highest BCUT2D eigenvalue weighted by molar-refractivity contribution is 6.07. The summed E-state index contributed by atoms with van der Waals surface area (Å²) in [6.07, 6.45) is 5.41. The molecule has 5 N–H and O–H groups in total. The average molecular weight is 544 g/mol. The van der Waals surface area contributed by atoms with Crippen molar-refractivity contribution in [2.24, 2.45) is 5.73 Å². The number of carbonyl (C=O) groups excluding carboxylic acids is 2. The molecular weight excluding hydrogens is 502 g/mol. The van der Waals surface area contributed by atoms with E-state index in [0.29, 0.717) is 35.4 Å². The molecule has 4 rings (SSSR count). The van der Waals surface area contributed by atoms with E-state index in [1.54, 1.807) is 6.07 Å². The van der Waals surface area contributed by atoms with Crippen LogP contribution in [0.2, 0.25) is 0 Å². The number of aromatic nitrogens is 1. The van der Waals surface area contributed by atoms with E-state index in [1.807, 2.05) is 58.2 Å². The molecule has 1 aliphatic heterocycles. The lowest BCUT2D eigenvalue weighted by atomic mass is 9.92. The van der Waals surface area contributed by atoms with Crippen molar-refractivity contribution in [3.63, 3.8) is 0 Å². The van der Waals surface area contributed by atoms with Crippen LogP contribution in [-0.4, -0.2) is 79.6 Å². The van der Waals surface area contributed by atoms with Gasteiger partial charge in [-0.15, -0.1) is 0 Å². The Bertz CT molecular complexity index is 1320. The molecule has 1 aromatic carbocycles. The Morgan fingerprint density at radius 1 is 1.15 bits per heavy atom. The first-order valence-corrected chi connectivity index (χ1v) is 14.0. The molecule has 0 atom stereocenters. The van der Waals surface area contributed by atoms with Crippen molar-refractivity contribution < 1.29 is 9.59 Å². The van der Waals surface area contributed by atoms with Gasteiger partial charge in [-0.05, 0) is 63.1 Å². The molecule has 0 spiro atoms. The van der Waals surface area contributed by atoms with Gasteiger partial charge in [0.2, 0.25) is 0 Å². The number of amides is 1. The van der Waals surface area contributed by atoms with Gasteiger partial charge >= 0.3 is 0 Å². The summed E-state index contributed by atoms with van der Waals surface area (Å²) in [4.78, 5) is 35.4. The maximum atomic E-state index is 13.5. The number of pyridine rings is 1. The fourth-order valence-corrected chi connectivity index (χ4v) is 5.31. The molecule has 2 aromatic rings. The Hall–Kier alpha value is -3.82. The molecular formula is C31H41N7O2. The first-order chi connectivity index (χ1) is 19.2. The normalized spacial score (nSPS) is 16.3. The first-order valence-electron chi connectivity index (χ1n) is 14.0. The number of nitrogens with one attached hydrogen (secondary N) is 3. The van der Waals surface area contributed by atoms with Gasteiger partial charge < -0.3 is 26.7 Å². The summed E-state index contributed by atoms with van der Waals surface area (Å²) in [7, 11) is 0. The van der Waals surface area contributed by atoms with Crippen molar-refractivity contribution in [3.05, 3.63) is 64.4 Å². The molecule has 9 nitrogen and oxygen atoms in total. The lowest BCUT2D eigenvalue weighted by Gasteiger charge is -2.35. The standard InChI is InChI=1S/C31H41N7O2/c1-20(2)36-28-16-24(23-5-6-30(34-18-23)38-11-9-37(8-7-32)10-12-38)15-25(26(28)17-33)31(40)35-19-27-22(4)13-21(3)14-29(27)39/h5-6,13,15-18,20,33,36H,7-12,14,19,32H2,1-4H3,(H,35,40). The zero-order valence-corrected chi connectivity index (χ0v) is 24.0. The number of allylic oxidation sites excluding steroid dienone is 3. The third kappa shape index (κ3) is 6.84. The smallest absolute Gasteiger partial charge is 0.252 e. The number of hydrogen-bond acceptors (Lipinski definition) is 8. The lowest BCUT2D eigenvalue weighted by molar-refractivity contribution is -0.115. The van der Waals surface area contributed by atoms with Crippen molar-refractivity contribution in [2.45, 2.75) is 40.2 Å². The molecule has 1 fully saturated rings. The van der Waals surface area contributed by atoms with Crippen molar-refractivity contribution in [1.29, 1.82) is 5.41 Å². The van der Waals surface area contributed by atoms with E-state index in [4.69, 9.17) is 16.1 Å². The second-order valence-corrected chi connectivity index (χ2v) is 10.9. The molecule has 9 heteroatoms. The number of carbonyl (C=O) groups is 2. The molecule has 0 unspecified atom stereocenters. The van der Waals surface area contributed by atoms with Crippen LogP contribution in [0.1, 0.15) is 50.0 Å². The monoisotopic (exact) mass is 543 g/mol. The van der Waals surface area contributed by atoms with E-state index in [0.717, 1.165) is 60.8 Å². The highest BCUT2D eigenvalue weighted by Crippen LogP contribution is 2.30. The molecule has 1 aliphatic carbocycles. The second-order valence-electron chi connectivity index (χ2n) is 10.9. The molecule has 1 saturated heterocycles. The third-order valence-electron chi connectivity index (χ3n) is 7.38. The lowest BCUT2D eigenvalue weighted by Crippen LogP contribution is -2.48. The number of Topliss-reactive ketones (excluding diaryl/α,β-unsaturated/α-hetero) is 1. The SMILES string of the molecule is CC1=CC(C)=C(CNC(=O)c2cc(-c3ccc(N4CCN(CCN)CC4)nc3)cc(NC(C)C)c2C=N)C(=O)C1. The minimum absolute atomic E-state index is 0.0351. The summed E-state index contributed by atoms with van der Waals surface area (Å²) in [5, 5.41) is 14.4. The van der Waals surface area contributed by atoms with Crippen LogP contribution < -0.4 is 21.3 Å². The molecule has 40 heavy (non-hydrogen) atoms. The number of benzene rings is 1. The van der Waals surface area contributed by atoms with Gasteiger partial charge in [-0.2, -0.15) is 0 Å². The van der Waals surface area contributed by atoms with Crippen LogP contribution in [0.4, 0.5) is 11.5 Å². The summed E-state index contributed by atoms with van der Waals surface area (Å²) >= 11 is 0. The summed E-state index contributed by atoms with van der Waals surface area (Å²) in [5.74, 6) is 0.634. The number of anilines is 2. The fourth-order valence-electron chi connectivity index (χ4n) is 5.31. The fraction of sp³-hybridized carbons (Fsp3) is 0.419. The maximum Gasteiger partial charge on any atom is 0.252 e. The second kappa shape index (κ2) is 13.0. The van der Waals surface area contributed by atoms with Gasteiger partial charge in [0.1, 0.15) is 5.82 Å². The molecule has 0 bridgehead atoms. The summed E-state index contributed by atoms with van der Waals surface area (Å²) in [6, 6.07) is 7.92. The topological polar surface area (TPSA) is 127 Å². The molecule has 0 saturated carbocycles. The van der Waals surface area contributed by atoms with Crippen LogP contribution >= 0.6 is 0 Å². The van der Waals surface area contributed by atoms with Crippen LogP contribution in [0.3, 0.4) is 0 Å². The van der Waals surface area contributed by atoms with Gasteiger partial charge in [0.05, 0.1) is 5.56 Å². The van der Waals surface area contributed by atoms with E-state index in [2.05, 4.69) is 20.4 Å². The Morgan fingerprint density at radius 2 is 1.90 bits per heavy atom. The predicted octanol–water partition coefficient (Wildman–Crippen LogP) is 3.61. The van der Waals surface area contributed by atoms with Gasteiger partial charge in [-0.3, -0.25) is 14.5 Å². The zero-order valence-electron chi connectivity index (χ0n) is 24.0. The van der Waals surface area contributed by atoms with Crippen LogP contribution in [0.5, 0.6) is 0 Å². The van der Waals surface area contributed by atoms with Crippen molar-refractivity contribution in [1.82, 2.24) is 15.2 Å². The van der Waals surface area contributed by atoms with Gasteiger partial charge in [0.15, 0.2) is 5.78 Å². The van der Waals surface area contributed by atoms with E-state index in [1.165, 1.54) is 6.21 Å². The van der Waals surface area contributed by atoms with Crippen molar-refractivity contribution in [2.75, 3.05) is 56.0 Å². The van der Waals surface area contributed by atoms with Gasteiger partial charge in [0, 0.05) is 93.1 Å². The van der Waals surface area contributed by atoms with E-state index >= 15 is 0 Å². The number of nitrogens with zero attached hydrogens (tertiary/aromatic N) is 3. The summed E-state index contributed by atoms with van der Waals surface area (Å²) in [5.41, 5.74) is 11.5. The molecule has 1 aromatic heterocycles. The van der Waals surface area contributed by atoms with Gasteiger partial charge in [0.25, 0.3) is 5.91 Å². The Balaban J connectivity index is 1.60. The molecule has 0 radical (unpaired) electrons. The van der Waals surface area contributed by atoms with Crippen LogP contribution in [0, 0.1) is 5.41 Å². The number of hydrogen-bond donors (Lipinski definition) is 4. The van der Waals surface area contributed by atoms with Crippen molar-refractivity contribution in [3.8, 4) is 11.1 Å². The van der Waals surface area contributed by atoms with Crippen molar-refractivity contribution >= 4 is 29.4 Å². The van der Waals surface area contributed by atoms with E-state index < -0.39 is 0 Å². The first kappa shape index (κ1) is 29.2. The maximum absolute atomic E-state index is 13.5. The molecule has 212 valence electrons. The molecule has 2 heterocycles. The Labute approximate surface area is 237 Å². The van der Waals surface area contributed by atoms with E-state index in [-0.39, 0.29) is 24.3 Å². The number of ketones is 1. The largest absolute Gasteiger partial charge is 0.382 e. The van der Waals surface area contributed by atoms with Gasteiger partial charge in [-0.25, -0.2) is 4.98 Å². The molecule has 2 aliphatic rings. The summed E-state index contributed by atoms with van der Waals surface area (Å²) < 4.78 is 0. The highest BCUT2D eigenvalue weighted by atomic mass is 16.2. The van der Waals surface area contributed by atoms with Crippen LogP contribution in [0.25, 0.3) is 11.1 Å². The third-order valence-corrected chi connectivity index (χ3v) is 7.38.